The number of halogens is 5. The second kappa shape index (κ2) is 8.59. The van der Waals surface area contributed by atoms with Crippen LogP contribution in [0.2, 0.25) is 0 Å². The number of benzene rings is 1. The molecule has 0 radical (unpaired) electrons. The van der Waals surface area contributed by atoms with E-state index in [1.54, 1.807) is 12.1 Å². The van der Waals surface area contributed by atoms with E-state index in [1.807, 2.05) is 0 Å². The molecule has 1 aromatic carbocycles. The third kappa shape index (κ3) is 7.32. The molecule has 0 aliphatic rings. The summed E-state index contributed by atoms with van der Waals surface area (Å²) in [6.07, 6.45) is -5.34. The number of ether oxygens (including phenoxy) is 2. The summed E-state index contributed by atoms with van der Waals surface area (Å²) in [5.41, 5.74) is 0.566. The van der Waals surface area contributed by atoms with E-state index in [4.69, 9.17) is 4.74 Å². The van der Waals surface area contributed by atoms with Gasteiger partial charge in [-0.05, 0) is 30.2 Å². The highest BCUT2D eigenvalue weighted by Crippen LogP contribution is 2.38. The lowest BCUT2D eigenvalue weighted by Crippen LogP contribution is -2.36. The van der Waals surface area contributed by atoms with Crippen molar-refractivity contribution in [2.45, 2.75) is 31.9 Å². The Bertz CT molecular complexity index is 620. The summed E-state index contributed by atoms with van der Waals surface area (Å²) in [5.74, 6) is -5.85. The Labute approximate surface area is 140 Å². The molecule has 25 heavy (non-hydrogen) atoms. The summed E-state index contributed by atoms with van der Waals surface area (Å²) in [7, 11) is 0. The van der Waals surface area contributed by atoms with Gasteiger partial charge in [0.1, 0.15) is 5.75 Å². The maximum absolute atomic E-state index is 12.6. The van der Waals surface area contributed by atoms with E-state index in [-0.39, 0.29) is 0 Å². The molecule has 0 amide bonds. The van der Waals surface area contributed by atoms with Gasteiger partial charge in [0.25, 0.3) is 0 Å². The SMILES string of the molecule is CC(=O)Oc1ccc(/C=C/C(=O)OCCCC(F)(F)C(F)(F)F)cc1. The lowest BCUT2D eigenvalue weighted by Gasteiger charge is -2.18. The number of carbonyl (C=O) groups excluding carboxylic acids is 2. The minimum absolute atomic E-state index is 0.317. The summed E-state index contributed by atoms with van der Waals surface area (Å²) in [5, 5.41) is 0. The molecule has 1 aromatic rings. The number of carbonyl (C=O) groups is 2. The van der Waals surface area contributed by atoms with Crippen LogP contribution in [-0.4, -0.2) is 30.6 Å². The minimum Gasteiger partial charge on any atom is -0.463 e. The number of hydrogen-bond acceptors (Lipinski definition) is 4. The zero-order valence-electron chi connectivity index (χ0n) is 13.1. The molecule has 0 saturated heterocycles. The Hall–Kier alpha value is -2.45. The van der Waals surface area contributed by atoms with Crippen molar-refractivity contribution in [3.05, 3.63) is 35.9 Å². The van der Waals surface area contributed by atoms with E-state index < -0.39 is 43.5 Å². The minimum atomic E-state index is -5.62. The van der Waals surface area contributed by atoms with Crippen LogP contribution in [0.3, 0.4) is 0 Å². The molecule has 0 aromatic heterocycles. The summed E-state index contributed by atoms with van der Waals surface area (Å²) < 4.78 is 70.4. The lowest BCUT2D eigenvalue weighted by molar-refractivity contribution is -0.284. The standard InChI is InChI=1S/C16H15F5O4/c1-11(22)25-13-6-3-12(4-7-13)5-8-14(23)24-10-2-9-15(17,18)16(19,20)21/h3-8H,2,9-10H2,1H3/b8-5+. The predicted octanol–water partition coefficient (Wildman–Crippen LogP) is 4.15. The number of rotatable bonds is 7. The quantitative estimate of drug-likeness (QED) is 0.239. The maximum atomic E-state index is 12.6. The fraction of sp³-hybridized carbons (Fsp3) is 0.375. The highest BCUT2D eigenvalue weighted by Gasteiger charge is 2.56. The van der Waals surface area contributed by atoms with Gasteiger partial charge in [-0.15, -0.1) is 0 Å². The van der Waals surface area contributed by atoms with Crippen LogP contribution in [0.4, 0.5) is 22.0 Å². The third-order valence-corrected chi connectivity index (χ3v) is 2.85. The van der Waals surface area contributed by atoms with Crippen molar-refractivity contribution in [2.24, 2.45) is 0 Å². The molecular formula is C16H15F5O4. The van der Waals surface area contributed by atoms with Crippen LogP contribution in [-0.2, 0) is 14.3 Å². The van der Waals surface area contributed by atoms with Crippen LogP contribution < -0.4 is 4.74 Å². The van der Waals surface area contributed by atoms with Gasteiger partial charge < -0.3 is 9.47 Å². The van der Waals surface area contributed by atoms with Gasteiger partial charge in [0.2, 0.25) is 0 Å². The molecule has 0 aliphatic carbocycles. The zero-order valence-corrected chi connectivity index (χ0v) is 13.1. The molecule has 0 aliphatic heterocycles. The van der Waals surface area contributed by atoms with Crippen molar-refractivity contribution in [3.8, 4) is 5.75 Å². The summed E-state index contributed by atoms with van der Waals surface area (Å²) in [4.78, 5) is 22.1. The molecule has 0 saturated carbocycles. The zero-order chi connectivity index (χ0) is 19.1. The molecule has 0 fully saturated rings. The van der Waals surface area contributed by atoms with Crippen molar-refractivity contribution < 1.29 is 41.0 Å². The van der Waals surface area contributed by atoms with E-state index in [0.717, 1.165) is 6.08 Å². The monoisotopic (exact) mass is 366 g/mol. The molecule has 0 spiro atoms. The van der Waals surface area contributed by atoms with Crippen molar-refractivity contribution in [3.63, 3.8) is 0 Å². The number of hydrogen-bond donors (Lipinski definition) is 0. The van der Waals surface area contributed by atoms with Crippen LogP contribution in [0.1, 0.15) is 25.3 Å². The molecule has 0 atom stereocenters. The van der Waals surface area contributed by atoms with Gasteiger partial charge in [0.15, 0.2) is 0 Å². The first-order valence-electron chi connectivity index (χ1n) is 7.09. The van der Waals surface area contributed by atoms with Crippen molar-refractivity contribution in [1.82, 2.24) is 0 Å². The fourth-order valence-corrected chi connectivity index (χ4v) is 1.63. The molecule has 4 nitrogen and oxygen atoms in total. The predicted molar refractivity (Wildman–Crippen MR) is 78.0 cm³/mol. The first kappa shape index (κ1) is 20.6. The second-order valence-corrected chi connectivity index (χ2v) is 4.97. The Balaban J connectivity index is 2.39. The molecule has 0 N–H and O–H groups in total. The topological polar surface area (TPSA) is 52.6 Å². The average Bonchev–Trinajstić information content (AvgIpc) is 2.49. The second-order valence-electron chi connectivity index (χ2n) is 4.97. The van der Waals surface area contributed by atoms with Crippen molar-refractivity contribution in [1.29, 1.82) is 0 Å². The summed E-state index contributed by atoms with van der Waals surface area (Å²) in [6, 6.07) is 6.08. The summed E-state index contributed by atoms with van der Waals surface area (Å²) in [6.45, 7) is 0.689. The molecular weight excluding hydrogens is 351 g/mol. The third-order valence-electron chi connectivity index (χ3n) is 2.85. The van der Waals surface area contributed by atoms with Crippen molar-refractivity contribution in [2.75, 3.05) is 6.61 Å². The van der Waals surface area contributed by atoms with Gasteiger partial charge in [-0.25, -0.2) is 4.79 Å². The Morgan fingerprint density at radius 3 is 2.20 bits per heavy atom. The number of alkyl halides is 5. The van der Waals surface area contributed by atoms with Crippen LogP contribution >= 0.6 is 0 Å². The van der Waals surface area contributed by atoms with E-state index in [1.165, 1.54) is 25.1 Å². The molecule has 138 valence electrons. The van der Waals surface area contributed by atoms with Gasteiger partial charge in [0, 0.05) is 19.4 Å². The lowest BCUT2D eigenvalue weighted by atomic mass is 10.2. The first-order valence-corrected chi connectivity index (χ1v) is 7.09. The summed E-state index contributed by atoms with van der Waals surface area (Å²) >= 11 is 0. The van der Waals surface area contributed by atoms with Gasteiger partial charge in [-0.3, -0.25) is 4.79 Å². The van der Waals surface area contributed by atoms with Crippen LogP contribution in [0.25, 0.3) is 6.08 Å². The van der Waals surface area contributed by atoms with Gasteiger partial charge in [-0.1, -0.05) is 12.1 Å². The highest BCUT2D eigenvalue weighted by molar-refractivity contribution is 5.87. The van der Waals surface area contributed by atoms with Gasteiger partial charge >= 0.3 is 24.0 Å². The fourth-order valence-electron chi connectivity index (χ4n) is 1.63. The molecule has 0 bridgehead atoms. The smallest absolute Gasteiger partial charge is 0.453 e. The van der Waals surface area contributed by atoms with Gasteiger partial charge in [0.05, 0.1) is 6.61 Å². The van der Waals surface area contributed by atoms with Crippen molar-refractivity contribution >= 4 is 18.0 Å². The highest BCUT2D eigenvalue weighted by atomic mass is 19.4. The largest absolute Gasteiger partial charge is 0.463 e. The van der Waals surface area contributed by atoms with E-state index in [0.29, 0.717) is 11.3 Å². The normalized spacial score (nSPS) is 12.2. The molecule has 0 heterocycles. The van der Waals surface area contributed by atoms with Crippen LogP contribution in [0.15, 0.2) is 30.3 Å². The van der Waals surface area contributed by atoms with E-state index in [9.17, 15) is 31.5 Å². The van der Waals surface area contributed by atoms with Crippen LogP contribution in [0.5, 0.6) is 5.75 Å². The maximum Gasteiger partial charge on any atom is 0.453 e. The Morgan fingerprint density at radius 2 is 1.68 bits per heavy atom. The first-order chi connectivity index (χ1) is 11.5. The Kier molecular flexibility index (Phi) is 7.08. The average molecular weight is 366 g/mol. The van der Waals surface area contributed by atoms with Crippen LogP contribution in [0, 0.1) is 0 Å². The number of esters is 2. The van der Waals surface area contributed by atoms with Gasteiger partial charge in [-0.2, -0.15) is 22.0 Å². The van der Waals surface area contributed by atoms with E-state index >= 15 is 0 Å². The Morgan fingerprint density at radius 1 is 1.08 bits per heavy atom. The molecule has 1 rings (SSSR count). The van der Waals surface area contributed by atoms with E-state index in [2.05, 4.69) is 4.74 Å². The molecule has 9 heteroatoms. The molecule has 0 unspecified atom stereocenters.